The SMILES string of the molecule is O=C(Nc1ncn(Cc2cccc(Br)c2)n1)C1CC(c2ccccc2)NN1. The van der Waals surface area contributed by atoms with Gasteiger partial charge in [0, 0.05) is 10.5 Å². The summed E-state index contributed by atoms with van der Waals surface area (Å²) in [4.78, 5) is 16.7. The molecule has 7 nitrogen and oxygen atoms in total. The van der Waals surface area contributed by atoms with Crippen LogP contribution in [0, 0.1) is 0 Å². The van der Waals surface area contributed by atoms with Crippen LogP contribution in [-0.4, -0.2) is 26.7 Å². The van der Waals surface area contributed by atoms with Gasteiger partial charge in [-0.1, -0.05) is 58.4 Å². The number of carbonyl (C=O) groups excluding carboxylic acids is 1. The maximum Gasteiger partial charge on any atom is 0.248 e. The highest BCUT2D eigenvalue weighted by Crippen LogP contribution is 2.22. The first-order valence-electron chi connectivity index (χ1n) is 8.68. The zero-order valence-corrected chi connectivity index (χ0v) is 16.1. The molecule has 0 saturated carbocycles. The zero-order valence-electron chi connectivity index (χ0n) is 14.5. The number of nitrogens with zero attached hydrogens (tertiary/aromatic N) is 3. The molecule has 2 heterocycles. The van der Waals surface area contributed by atoms with Crippen molar-refractivity contribution in [2.24, 2.45) is 0 Å². The first-order chi connectivity index (χ1) is 13.2. The standard InChI is InChI=1S/C19H19BrN6O/c20-15-8-4-5-13(9-15)11-26-12-21-19(25-26)22-18(27)17-10-16(23-24-17)14-6-2-1-3-7-14/h1-9,12,16-17,23-24H,10-11H2,(H,22,25,27). The average Bonchev–Trinajstić information content (AvgIpc) is 3.32. The molecule has 0 spiro atoms. The molecule has 1 amide bonds. The minimum atomic E-state index is -0.341. The van der Waals surface area contributed by atoms with Crippen LogP contribution in [0.25, 0.3) is 0 Å². The van der Waals surface area contributed by atoms with E-state index in [2.05, 4.69) is 42.2 Å². The van der Waals surface area contributed by atoms with Gasteiger partial charge in [0.05, 0.1) is 6.54 Å². The maximum atomic E-state index is 12.5. The van der Waals surface area contributed by atoms with E-state index in [4.69, 9.17) is 0 Å². The fraction of sp³-hybridized carbons (Fsp3) is 0.211. The Morgan fingerprint density at radius 3 is 2.85 bits per heavy atom. The van der Waals surface area contributed by atoms with Gasteiger partial charge in [0.1, 0.15) is 12.4 Å². The van der Waals surface area contributed by atoms with Crippen LogP contribution in [0.15, 0.2) is 65.4 Å². The van der Waals surface area contributed by atoms with Crippen LogP contribution in [-0.2, 0) is 11.3 Å². The molecular formula is C19H19BrN6O. The van der Waals surface area contributed by atoms with Gasteiger partial charge in [-0.15, -0.1) is 5.10 Å². The second-order valence-electron chi connectivity index (χ2n) is 6.43. The molecule has 4 rings (SSSR count). The highest BCUT2D eigenvalue weighted by atomic mass is 79.9. The normalized spacial score (nSPS) is 19.1. The van der Waals surface area contributed by atoms with E-state index >= 15 is 0 Å². The first kappa shape index (κ1) is 17.8. The minimum absolute atomic E-state index is 0.101. The second-order valence-corrected chi connectivity index (χ2v) is 7.34. The molecule has 0 aliphatic carbocycles. The third kappa shape index (κ3) is 4.41. The lowest BCUT2D eigenvalue weighted by Gasteiger charge is -2.09. The molecule has 0 radical (unpaired) electrons. The van der Waals surface area contributed by atoms with Crippen molar-refractivity contribution in [2.75, 3.05) is 5.32 Å². The second kappa shape index (κ2) is 7.99. The van der Waals surface area contributed by atoms with Crippen LogP contribution in [0.3, 0.4) is 0 Å². The fourth-order valence-corrected chi connectivity index (χ4v) is 3.53. The van der Waals surface area contributed by atoms with Crippen LogP contribution in [0.2, 0.25) is 0 Å². The number of carbonyl (C=O) groups is 1. The van der Waals surface area contributed by atoms with Crippen molar-refractivity contribution >= 4 is 27.8 Å². The van der Waals surface area contributed by atoms with Gasteiger partial charge >= 0.3 is 0 Å². The van der Waals surface area contributed by atoms with Crippen LogP contribution in [0.5, 0.6) is 0 Å². The van der Waals surface area contributed by atoms with Gasteiger partial charge in [-0.2, -0.15) is 0 Å². The molecule has 2 unspecified atom stereocenters. The molecule has 1 aromatic heterocycles. The third-order valence-corrected chi connectivity index (χ3v) is 4.92. The molecule has 3 N–H and O–H groups in total. The van der Waals surface area contributed by atoms with Gasteiger partial charge in [-0.25, -0.2) is 20.5 Å². The number of halogens is 1. The summed E-state index contributed by atoms with van der Waals surface area (Å²) < 4.78 is 2.71. The minimum Gasteiger partial charge on any atom is -0.292 e. The Kier molecular flexibility index (Phi) is 5.28. The molecule has 2 aromatic carbocycles. The smallest absolute Gasteiger partial charge is 0.248 e. The van der Waals surface area contributed by atoms with Crippen LogP contribution in [0.1, 0.15) is 23.6 Å². The summed E-state index contributed by atoms with van der Waals surface area (Å²) in [6, 6.07) is 17.8. The predicted octanol–water partition coefficient (Wildman–Crippen LogP) is 2.64. The van der Waals surface area contributed by atoms with Gasteiger partial charge < -0.3 is 0 Å². The monoisotopic (exact) mass is 426 g/mol. The number of hydrogen-bond donors (Lipinski definition) is 3. The molecule has 1 aliphatic heterocycles. The Labute approximate surface area is 165 Å². The number of amides is 1. The number of anilines is 1. The summed E-state index contributed by atoms with van der Waals surface area (Å²) in [5.41, 5.74) is 8.47. The van der Waals surface area contributed by atoms with E-state index in [9.17, 15) is 4.79 Å². The van der Waals surface area contributed by atoms with Gasteiger partial charge in [0.25, 0.3) is 0 Å². The van der Waals surface area contributed by atoms with Gasteiger partial charge in [0.15, 0.2) is 0 Å². The molecule has 1 fully saturated rings. The molecule has 1 aliphatic rings. The van der Waals surface area contributed by atoms with Crippen molar-refractivity contribution in [1.82, 2.24) is 25.6 Å². The largest absolute Gasteiger partial charge is 0.292 e. The van der Waals surface area contributed by atoms with E-state index < -0.39 is 0 Å². The Morgan fingerprint density at radius 2 is 2.04 bits per heavy atom. The molecule has 2 atom stereocenters. The molecule has 138 valence electrons. The van der Waals surface area contributed by atoms with Gasteiger partial charge in [-0.05, 0) is 29.7 Å². The highest BCUT2D eigenvalue weighted by Gasteiger charge is 2.30. The van der Waals surface area contributed by atoms with Crippen molar-refractivity contribution < 1.29 is 4.79 Å². The number of hydrogen-bond acceptors (Lipinski definition) is 5. The van der Waals surface area contributed by atoms with E-state index in [1.165, 1.54) is 0 Å². The Bertz CT molecular complexity index is 929. The maximum absolute atomic E-state index is 12.5. The lowest BCUT2D eigenvalue weighted by molar-refractivity contribution is -0.117. The number of benzene rings is 2. The number of rotatable bonds is 5. The first-order valence-corrected chi connectivity index (χ1v) is 9.47. The number of hydrazine groups is 1. The summed E-state index contributed by atoms with van der Waals surface area (Å²) in [6.07, 6.45) is 2.28. The molecule has 27 heavy (non-hydrogen) atoms. The Balaban J connectivity index is 1.34. The third-order valence-electron chi connectivity index (χ3n) is 4.43. The Hall–Kier alpha value is -2.55. The molecule has 3 aromatic rings. The van der Waals surface area contributed by atoms with Gasteiger partial charge in [0.2, 0.25) is 11.9 Å². The summed E-state index contributed by atoms with van der Waals surface area (Å²) in [7, 11) is 0. The fourth-order valence-electron chi connectivity index (χ4n) is 3.08. The lowest BCUT2D eigenvalue weighted by Crippen LogP contribution is -2.39. The van der Waals surface area contributed by atoms with E-state index in [0.717, 1.165) is 15.6 Å². The summed E-state index contributed by atoms with van der Waals surface area (Å²) in [5, 5.41) is 7.11. The van der Waals surface area contributed by atoms with Crippen LogP contribution in [0.4, 0.5) is 5.95 Å². The number of aromatic nitrogens is 3. The summed E-state index contributed by atoms with van der Waals surface area (Å²) in [6.45, 7) is 0.585. The van der Waals surface area contributed by atoms with Crippen molar-refractivity contribution in [2.45, 2.75) is 25.0 Å². The highest BCUT2D eigenvalue weighted by molar-refractivity contribution is 9.10. The molecule has 8 heteroatoms. The van der Waals surface area contributed by atoms with Crippen LogP contribution >= 0.6 is 15.9 Å². The summed E-state index contributed by atoms with van der Waals surface area (Å²) >= 11 is 3.46. The van der Waals surface area contributed by atoms with E-state index in [-0.39, 0.29) is 18.0 Å². The number of nitrogens with one attached hydrogen (secondary N) is 3. The lowest BCUT2D eigenvalue weighted by atomic mass is 10.0. The summed E-state index contributed by atoms with van der Waals surface area (Å²) in [5.74, 6) is 0.154. The Morgan fingerprint density at radius 1 is 1.19 bits per heavy atom. The van der Waals surface area contributed by atoms with Crippen molar-refractivity contribution in [3.63, 3.8) is 0 Å². The van der Waals surface area contributed by atoms with E-state index in [1.807, 2.05) is 54.6 Å². The van der Waals surface area contributed by atoms with E-state index in [0.29, 0.717) is 18.9 Å². The quantitative estimate of drug-likeness (QED) is 0.583. The molecular weight excluding hydrogens is 408 g/mol. The van der Waals surface area contributed by atoms with Crippen LogP contribution < -0.4 is 16.2 Å². The average molecular weight is 427 g/mol. The van der Waals surface area contributed by atoms with Crippen molar-refractivity contribution in [3.8, 4) is 0 Å². The van der Waals surface area contributed by atoms with Crippen molar-refractivity contribution in [1.29, 1.82) is 0 Å². The zero-order chi connectivity index (χ0) is 18.6. The van der Waals surface area contributed by atoms with Crippen molar-refractivity contribution in [3.05, 3.63) is 76.5 Å². The topological polar surface area (TPSA) is 83.9 Å². The predicted molar refractivity (Wildman–Crippen MR) is 106 cm³/mol. The van der Waals surface area contributed by atoms with E-state index in [1.54, 1.807) is 11.0 Å². The molecule has 1 saturated heterocycles. The van der Waals surface area contributed by atoms with Gasteiger partial charge in [-0.3, -0.25) is 10.1 Å². The molecule has 0 bridgehead atoms.